The Morgan fingerprint density at radius 1 is 1.36 bits per heavy atom. The van der Waals surface area contributed by atoms with Crippen molar-refractivity contribution in [2.45, 2.75) is 46.5 Å². The topological polar surface area (TPSA) is 56.7 Å². The monoisotopic (exact) mass is 504 g/mol. The first-order valence-corrected chi connectivity index (χ1v) is 10.0. The van der Waals surface area contributed by atoms with Crippen LogP contribution in [0.4, 0.5) is 4.39 Å². The fourth-order valence-corrected chi connectivity index (χ4v) is 3.43. The molecule has 1 fully saturated rings. The molecule has 28 heavy (non-hydrogen) atoms. The van der Waals surface area contributed by atoms with E-state index in [4.69, 9.17) is 0 Å². The lowest BCUT2D eigenvalue weighted by atomic mass is 10.00. The van der Waals surface area contributed by atoms with Gasteiger partial charge in [-0.1, -0.05) is 13.0 Å². The molecular formula is C21H34FIN4O. The van der Waals surface area contributed by atoms with Crippen LogP contribution in [-0.4, -0.2) is 49.5 Å². The van der Waals surface area contributed by atoms with Gasteiger partial charge in [0, 0.05) is 32.6 Å². The lowest BCUT2D eigenvalue weighted by Crippen LogP contribution is -2.40. The van der Waals surface area contributed by atoms with E-state index in [0.717, 1.165) is 49.6 Å². The SMILES string of the molecule is CCNC(=NCCC(=O)N1CCCC(C)C1)NCCc1ccc(F)cc1C.I. The molecule has 0 bridgehead atoms. The third kappa shape index (κ3) is 8.32. The number of halogens is 2. The number of piperidine rings is 1. The second-order valence-electron chi connectivity index (χ2n) is 7.35. The molecule has 1 aliphatic heterocycles. The van der Waals surface area contributed by atoms with Gasteiger partial charge < -0.3 is 15.5 Å². The van der Waals surface area contributed by atoms with Crippen LogP contribution in [0.2, 0.25) is 0 Å². The molecule has 158 valence electrons. The number of rotatable bonds is 7. The van der Waals surface area contributed by atoms with Crippen molar-refractivity contribution in [1.82, 2.24) is 15.5 Å². The van der Waals surface area contributed by atoms with Crippen molar-refractivity contribution >= 4 is 35.8 Å². The predicted molar refractivity (Wildman–Crippen MR) is 124 cm³/mol. The highest BCUT2D eigenvalue weighted by Gasteiger charge is 2.20. The van der Waals surface area contributed by atoms with E-state index in [0.29, 0.717) is 25.4 Å². The molecule has 1 aromatic rings. The van der Waals surface area contributed by atoms with Gasteiger partial charge in [0.2, 0.25) is 5.91 Å². The summed E-state index contributed by atoms with van der Waals surface area (Å²) in [6.07, 6.45) is 3.55. The van der Waals surface area contributed by atoms with Gasteiger partial charge in [0.05, 0.1) is 6.54 Å². The Hall–Kier alpha value is -1.38. The Kier molecular flexibility index (Phi) is 11.4. The van der Waals surface area contributed by atoms with Crippen LogP contribution in [0.25, 0.3) is 0 Å². The van der Waals surface area contributed by atoms with Crippen molar-refractivity contribution in [3.63, 3.8) is 0 Å². The molecule has 1 atom stereocenters. The summed E-state index contributed by atoms with van der Waals surface area (Å²) in [5.41, 5.74) is 2.08. The highest BCUT2D eigenvalue weighted by atomic mass is 127. The number of nitrogens with zero attached hydrogens (tertiary/aromatic N) is 2. The van der Waals surface area contributed by atoms with Gasteiger partial charge in [0.25, 0.3) is 0 Å². The van der Waals surface area contributed by atoms with Crippen molar-refractivity contribution < 1.29 is 9.18 Å². The lowest BCUT2D eigenvalue weighted by Gasteiger charge is -2.30. The highest BCUT2D eigenvalue weighted by molar-refractivity contribution is 14.0. The minimum Gasteiger partial charge on any atom is -0.357 e. The predicted octanol–water partition coefficient (Wildman–Crippen LogP) is 3.50. The zero-order chi connectivity index (χ0) is 19.6. The molecule has 1 aliphatic rings. The zero-order valence-corrected chi connectivity index (χ0v) is 19.6. The second kappa shape index (κ2) is 13.0. The summed E-state index contributed by atoms with van der Waals surface area (Å²) in [5.74, 6) is 1.31. The summed E-state index contributed by atoms with van der Waals surface area (Å²) >= 11 is 0. The molecule has 0 radical (unpaired) electrons. The summed E-state index contributed by atoms with van der Waals surface area (Å²) < 4.78 is 13.2. The van der Waals surface area contributed by atoms with Crippen LogP contribution in [-0.2, 0) is 11.2 Å². The number of carbonyl (C=O) groups excluding carboxylic acids is 1. The minimum atomic E-state index is -0.202. The summed E-state index contributed by atoms with van der Waals surface area (Å²) in [6, 6.07) is 4.88. The second-order valence-corrected chi connectivity index (χ2v) is 7.35. The van der Waals surface area contributed by atoms with Crippen molar-refractivity contribution in [3.8, 4) is 0 Å². The third-order valence-corrected chi connectivity index (χ3v) is 4.94. The van der Waals surface area contributed by atoms with E-state index >= 15 is 0 Å². The summed E-state index contributed by atoms with van der Waals surface area (Å²) in [7, 11) is 0. The average Bonchev–Trinajstić information content (AvgIpc) is 2.63. The van der Waals surface area contributed by atoms with Gasteiger partial charge in [0.1, 0.15) is 5.82 Å². The van der Waals surface area contributed by atoms with Gasteiger partial charge in [-0.05, 0) is 62.3 Å². The van der Waals surface area contributed by atoms with Crippen LogP contribution in [0.15, 0.2) is 23.2 Å². The number of likely N-dealkylation sites (tertiary alicyclic amines) is 1. The number of guanidine groups is 1. The van der Waals surface area contributed by atoms with Crippen molar-refractivity contribution in [3.05, 3.63) is 35.1 Å². The van der Waals surface area contributed by atoms with Crippen molar-refractivity contribution in [1.29, 1.82) is 0 Å². The van der Waals surface area contributed by atoms with Crippen molar-refractivity contribution in [2.75, 3.05) is 32.7 Å². The van der Waals surface area contributed by atoms with E-state index < -0.39 is 0 Å². The van der Waals surface area contributed by atoms with Gasteiger partial charge in [-0.3, -0.25) is 9.79 Å². The molecule has 0 spiro atoms. The number of aliphatic imine (C=N–C) groups is 1. The Morgan fingerprint density at radius 3 is 2.82 bits per heavy atom. The molecule has 1 amide bonds. The van der Waals surface area contributed by atoms with Crippen molar-refractivity contribution in [2.24, 2.45) is 10.9 Å². The lowest BCUT2D eigenvalue weighted by molar-refractivity contribution is -0.132. The van der Waals surface area contributed by atoms with Crippen LogP contribution in [0.5, 0.6) is 0 Å². The number of hydrogen-bond donors (Lipinski definition) is 2. The molecule has 7 heteroatoms. The first kappa shape index (κ1) is 24.7. The van der Waals surface area contributed by atoms with E-state index in [1.165, 1.54) is 12.5 Å². The van der Waals surface area contributed by atoms with Gasteiger partial charge in [-0.15, -0.1) is 24.0 Å². The molecular weight excluding hydrogens is 470 g/mol. The zero-order valence-electron chi connectivity index (χ0n) is 17.3. The summed E-state index contributed by atoms with van der Waals surface area (Å²) in [6.45, 7) is 9.84. The molecule has 2 rings (SSSR count). The number of amides is 1. The highest BCUT2D eigenvalue weighted by Crippen LogP contribution is 2.16. The van der Waals surface area contributed by atoms with Crippen LogP contribution >= 0.6 is 24.0 Å². The largest absolute Gasteiger partial charge is 0.357 e. The number of aryl methyl sites for hydroxylation is 1. The number of nitrogens with one attached hydrogen (secondary N) is 2. The van der Waals surface area contributed by atoms with Crippen LogP contribution < -0.4 is 10.6 Å². The van der Waals surface area contributed by atoms with Crippen LogP contribution in [0.3, 0.4) is 0 Å². The maximum Gasteiger partial charge on any atom is 0.224 e. The normalized spacial score (nSPS) is 17.1. The Bertz CT molecular complexity index is 653. The number of hydrogen-bond acceptors (Lipinski definition) is 2. The van der Waals surface area contributed by atoms with E-state index in [9.17, 15) is 9.18 Å². The van der Waals surface area contributed by atoms with E-state index in [2.05, 4.69) is 22.5 Å². The Balaban J connectivity index is 0.00000392. The maximum absolute atomic E-state index is 13.2. The molecule has 5 nitrogen and oxygen atoms in total. The van der Waals surface area contributed by atoms with E-state index in [1.54, 1.807) is 6.07 Å². The maximum atomic E-state index is 13.2. The smallest absolute Gasteiger partial charge is 0.224 e. The number of benzene rings is 1. The molecule has 1 unspecified atom stereocenters. The third-order valence-electron chi connectivity index (χ3n) is 4.94. The van der Waals surface area contributed by atoms with Gasteiger partial charge >= 0.3 is 0 Å². The van der Waals surface area contributed by atoms with Gasteiger partial charge in [0.15, 0.2) is 5.96 Å². The Labute approximate surface area is 185 Å². The average molecular weight is 504 g/mol. The molecule has 2 N–H and O–H groups in total. The molecule has 0 aliphatic carbocycles. The minimum absolute atomic E-state index is 0. The summed E-state index contributed by atoms with van der Waals surface area (Å²) in [4.78, 5) is 18.8. The molecule has 1 aromatic carbocycles. The standard InChI is InChI=1S/C21H33FN4O.HI/c1-4-23-21(24-11-9-18-7-8-19(22)14-17(18)3)25-12-10-20(27)26-13-5-6-16(2)15-26;/h7-8,14,16H,4-6,9-13,15H2,1-3H3,(H2,23,24,25);1H. The first-order chi connectivity index (χ1) is 13.0. The Morgan fingerprint density at radius 2 is 2.14 bits per heavy atom. The molecule has 1 saturated heterocycles. The quantitative estimate of drug-likeness (QED) is 0.340. The van der Waals surface area contributed by atoms with Gasteiger partial charge in [-0.25, -0.2) is 4.39 Å². The van der Waals surface area contributed by atoms with Crippen LogP contribution in [0.1, 0.15) is 44.2 Å². The molecule has 0 aromatic heterocycles. The number of carbonyl (C=O) groups is 1. The first-order valence-electron chi connectivity index (χ1n) is 10.0. The van der Waals surface area contributed by atoms with Gasteiger partial charge in [-0.2, -0.15) is 0 Å². The fourth-order valence-electron chi connectivity index (χ4n) is 3.43. The summed E-state index contributed by atoms with van der Waals surface area (Å²) in [5, 5.41) is 6.50. The molecule has 0 saturated carbocycles. The van der Waals surface area contributed by atoms with E-state index in [-0.39, 0.29) is 35.7 Å². The molecule has 1 heterocycles. The fraction of sp³-hybridized carbons (Fsp3) is 0.619. The van der Waals surface area contributed by atoms with E-state index in [1.807, 2.05) is 24.8 Å². The van der Waals surface area contributed by atoms with Crippen LogP contribution in [0, 0.1) is 18.7 Å².